The predicted molar refractivity (Wildman–Crippen MR) is 111 cm³/mol. The highest BCUT2D eigenvalue weighted by Crippen LogP contribution is 2.34. The van der Waals surface area contributed by atoms with Gasteiger partial charge in [-0.2, -0.15) is 13.2 Å². The predicted octanol–water partition coefficient (Wildman–Crippen LogP) is 4.30. The minimum Gasteiger partial charge on any atom is -0.479 e. The Morgan fingerprint density at radius 3 is 2.48 bits per heavy atom. The first-order chi connectivity index (χ1) is 14.5. The molecule has 0 bridgehead atoms. The summed E-state index contributed by atoms with van der Waals surface area (Å²) in [4.78, 5) is 26.5. The lowest BCUT2D eigenvalue weighted by Crippen LogP contribution is -2.46. The number of nitrogens with zero attached hydrogens (tertiary/aromatic N) is 1. The van der Waals surface area contributed by atoms with Crippen molar-refractivity contribution in [2.75, 3.05) is 18.0 Å². The number of carbonyl (C=O) groups excluding carboxylic acids is 2. The number of hydrogen-bond acceptors (Lipinski definition) is 3. The van der Waals surface area contributed by atoms with Gasteiger partial charge >= 0.3 is 6.18 Å². The van der Waals surface area contributed by atoms with Gasteiger partial charge < -0.3 is 15.0 Å². The number of hydrogen-bond donors (Lipinski definition) is 1. The first kappa shape index (κ1) is 22.7. The fourth-order valence-electron chi connectivity index (χ4n) is 3.43. The van der Waals surface area contributed by atoms with E-state index >= 15 is 0 Å². The summed E-state index contributed by atoms with van der Waals surface area (Å²) in [5.74, 6) is 0.0703. The van der Waals surface area contributed by atoms with Crippen molar-refractivity contribution in [3.63, 3.8) is 0 Å². The number of carbonyl (C=O) groups is 2. The van der Waals surface area contributed by atoms with Crippen LogP contribution in [-0.4, -0.2) is 31.0 Å². The Labute approximate surface area is 179 Å². The molecule has 1 N–H and O–H groups in total. The Kier molecular flexibility index (Phi) is 6.29. The molecule has 2 aromatic carbocycles. The van der Waals surface area contributed by atoms with Crippen molar-refractivity contribution in [1.82, 2.24) is 5.32 Å². The molecule has 2 aromatic rings. The maximum atomic E-state index is 13.0. The van der Waals surface area contributed by atoms with Crippen LogP contribution in [0.2, 0.25) is 0 Å². The quantitative estimate of drug-likeness (QED) is 0.738. The van der Waals surface area contributed by atoms with Gasteiger partial charge in [0.1, 0.15) is 5.75 Å². The number of halogens is 3. The lowest BCUT2D eigenvalue weighted by molar-refractivity contribution is -0.137. The van der Waals surface area contributed by atoms with Crippen molar-refractivity contribution in [1.29, 1.82) is 0 Å². The molecule has 0 aromatic heterocycles. The normalized spacial score (nSPS) is 16.5. The van der Waals surface area contributed by atoms with Crippen LogP contribution in [0.1, 0.15) is 38.3 Å². The van der Waals surface area contributed by atoms with Crippen LogP contribution in [0.5, 0.6) is 5.75 Å². The van der Waals surface area contributed by atoms with E-state index in [-0.39, 0.29) is 31.3 Å². The Morgan fingerprint density at radius 2 is 1.77 bits per heavy atom. The highest BCUT2D eigenvalue weighted by Gasteiger charge is 2.33. The lowest BCUT2D eigenvalue weighted by Gasteiger charge is -2.33. The second kappa shape index (κ2) is 8.61. The molecule has 0 saturated heterocycles. The average Bonchev–Trinajstić information content (AvgIpc) is 2.72. The van der Waals surface area contributed by atoms with Crippen LogP contribution in [0.25, 0.3) is 0 Å². The maximum Gasteiger partial charge on any atom is 0.416 e. The first-order valence-corrected chi connectivity index (χ1v) is 10.0. The number of para-hydroxylation sites is 2. The summed E-state index contributed by atoms with van der Waals surface area (Å²) in [5.41, 5.74) is -0.327. The van der Waals surface area contributed by atoms with Crippen molar-refractivity contribution in [3.8, 4) is 5.75 Å². The van der Waals surface area contributed by atoms with Crippen molar-refractivity contribution in [2.24, 2.45) is 0 Å². The molecule has 0 radical (unpaired) electrons. The largest absolute Gasteiger partial charge is 0.479 e. The van der Waals surface area contributed by atoms with Crippen molar-refractivity contribution >= 4 is 17.5 Å². The second-order valence-electron chi connectivity index (χ2n) is 8.21. The Balaban J connectivity index is 1.61. The molecular weight excluding hydrogens is 409 g/mol. The van der Waals surface area contributed by atoms with Crippen LogP contribution in [-0.2, 0) is 21.2 Å². The summed E-state index contributed by atoms with van der Waals surface area (Å²) in [6.07, 6.45) is -5.00. The zero-order chi connectivity index (χ0) is 22.8. The molecule has 0 saturated carbocycles. The van der Waals surface area contributed by atoms with E-state index in [1.54, 1.807) is 45.0 Å². The van der Waals surface area contributed by atoms with Crippen molar-refractivity contribution < 1.29 is 27.5 Å². The Morgan fingerprint density at radius 1 is 1.10 bits per heavy atom. The number of anilines is 1. The van der Waals surface area contributed by atoms with Crippen LogP contribution in [0.4, 0.5) is 18.9 Å². The molecule has 5 nitrogen and oxygen atoms in total. The second-order valence-corrected chi connectivity index (χ2v) is 8.21. The summed E-state index contributed by atoms with van der Waals surface area (Å²) in [5, 5.41) is 2.78. The third-order valence-electron chi connectivity index (χ3n) is 5.33. The highest BCUT2D eigenvalue weighted by atomic mass is 19.4. The molecule has 1 aliphatic heterocycles. The van der Waals surface area contributed by atoms with Crippen LogP contribution in [0.3, 0.4) is 0 Å². The number of benzene rings is 2. The van der Waals surface area contributed by atoms with Crippen LogP contribution in [0, 0.1) is 0 Å². The molecule has 166 valence electrons. The van der Waals surface area contributed by atoms with E-state index in [0.717, 1.165) is 12.1 Å². The smallest absolute Gasteiger partial charge is 0.416 e. The van der Waals surface area contributed by atoms with E-state index < -0.39 is 23.3 Å². The van der Waals surface area contributed by atoms with E-state index in [1.807, 2.05) is 6.07 Å². The van der Waals surface area contributed by atoms with Crippen LogP contribution in [0.15, 0.2) is 48.5 Å². The van der Waals surface area contributed by atoms with Crippen LogP contribution >= 0.6 is 0 Å². The number of amides is 2. The van der Waals surface area contributed by atoms with Crippen molar-refractivity contribution in [2.45, 2.75) is 44.9 Å². The average molecular weight is 434 g/mol. The molecule has 0 spiro atoms. The number of nitrogens with one attached hydrogen (secondary N) is 1. The summed E-state index contributed by atoms with van der Waals surface area (Å²) < 4.78 is 44.6. The minimum absolute atomic E-state index is 0.0610. The van der Waals surface area contributed by atoms with Crippen LogP contribution < -0.4 is 15.0 Å². The number of fused-ring (bicyclic) bond motifs is 1. The van der Waals surface area contributed by atoms with Gasteiger partial charge in [0.25, 0.3) is 5.91 Å². The Bertz CT molecular complexity index is 973. The zero-order valence-electron chi connectivity index (χ0n) is 17.6. The summed E-state index contributed by atoms with van der Waals surface area (Å²) in [7, 11) is 0. The first-order valence-electron chi connectivity index (χ1n) is 10.0. The summed E-state index contributed by atoms with van der Waals surface area (Å²) >= 11 is 0. The molecule has 1 unspecified atom stereocenters. The minimum atomic E-state index is -4.42. The SMILES string of the molecule is CC1Oc2ccccc2N(CCC(=O)NCC(C)(C)c2cccc(C(F)(F)F)c2)C1=O. The molecule has 1 atom stereocenters. The molecular formula is C23H25F3N2O3. The highest BCUT2D eigenvalue weighted by molar-refractivity contribution is 6.00. The van der Waals surface area contributed by atoms with Gasteiger partial charge in [-0.25, -0.2) is 0 Å². The summed E-state index contributed by atoms with van der Waals surface area (Å²) in [6, 6.07) is 12.2. The molecule has 31 heavy (non-hydrogen) atoms. The fourth-order valence-corrected chi connectivity index (χ4v) is 3.43. The van der Waals surface area contributed by atoms with E-state index in [0.29, 0.717) is 17.0 Å². The van der Waals surface area contributed by atoms with E-state index in [1.165, 1.54) is 11.0 Å². The van der Waals surface area contributed by atoms with E-state index in [4.69, 9.17) is 4.74 Å². The topological polar surface area (TPSA) is 58.6 Å². The molecule has 1 aliphatic rings. The van der Waals surface area contributed by atoms with Gasteiger partial charge in [-0.05, 0) is 30.7 Å². The van der Waals surface area contributed by atoms with E-state index in [2.05, 4.69) is 5.32 Å². The van der Waals surface area contributed by atoms with Gasteiger partial charge in [-0.15, -0.1) is 0 Å². The maximum absolute atomic E-state index is 13.0. The standard InChI is InChI=1S/C23H25F3N2O3/c1-15-21(30)28(18-9-4-5-10-19(18)31-15)12-11-20(29)27-14-22(2,3)16-7-6-8-17(13-16)23(24,25)26/h4-10,13,15H,11-12,14H2,1-3H3,(H,27,29). The number of rotatable bonds is 6. The molecule has 0 fully saturated rings. The van der Waals surface area contributed by atoms with Gasteiger partial charge in [-0.1, -0.05) is 44.2 Å². The van der Waals surface area contributed by atoms with Gasteiger partial charge in [-0.3, -0.25) is 9.59 Å². The van der Waals surface area contributed by atoms with Gasteiger partial charge in [0.05, 0.1) is 11.3 Å². The van der Waals surface area contributed by atoms with Gasteiger partial charge in [0, 0.05) is 24.9 Å². The van der Waals surface area contributed by atoms with Gasteiger partial charge in [0.15, 0.2) is 6.10 Å². The molecule has 0 aliphatic carbocycles. The Hall–Kier alpha value is -3.03. The monoisotopic (exact) mass is 434 g/mol. The lowest BCUT2D eigenvalue weighted by atomic mass is 9.83. The molecule has 8 heteroatoms. The molecule has 1 heterocycles. The molecule has 3 rings (SSSR count). The third-order valence-corrected chi connectivity index (χ3v) is 5.33. The van der Waals surface area contributed by atoms with Gasteiger partial charge in [0.2, 0.25) is 5.91 Å². The van der Waals surface area contributed by atoms with E-state index in [9.17, 15) is 22.8 Å². The zero-order valence-corrected chi connectivity index (χ0v) is 17.6. The number of ether oxygens (including phenoxy) is 1. The molecule has 2 amide bonds. The fraction of sp³-hybridized carbons (Fsp3) is 0.391. The number of alkyl halides is 3. The summed E-state index contributed by atoms with van der Waals surface area (Å²) in [6.45, 7) is 5.54. The van der Waals surface area contributed by atoms with Crippen molar-refractivity contribution in [3.05, 3.63) is 59.7 Å². The third kappa shape index (κ3) is 5.18.